The number of morpholine rings is 1. The zero-order valence-electron chi connectivity index (χ0n) is 17.5. The predicted molar refractivity (Wildman–Crippen MR) is 115 cm³/mol. The summed E-state index contributed by atoms with van der Waals surface area (Å²) in [6.45, 7) is 5.69. The Morgan fingerprint density at radius 3 is 2.65 bits per heavy atom. The fourth-order valence-electron chi connectivity index (χ4n) is 4.08. The van der Waals surface area contributed by atoms with Crippen molar-refractivity contribution >= 4 is 17.5 Å². The second-order valence-electron chi connectivity index (χ2n) is 7.88. The van der Waals surface area contributed by atoms with Crippen LogP contribution in [0.1, 0.15) is 25.5 Å². The number of hydrogen-bond donors (Lipinski definition) is 1. The predicted octanol–water partition coefficient (Wildman–Crippen LogP) is 3.59. The molecule has 0 aliphatic carbocycles. The van der Waals surface area contributed by atoms with E-state index >= 15 is 0 Å². The van der Waals surface area contributed by atoms with Crippen LogP contribution in [0.25, 0.3) is 0 Å². The molecule has 0 radical (unpaired) electrons. The van der Waals surface area contributed by atoms with Gasteiger partial charge in [0.2, 0.25) is 6.10 Å². The standard InChI is InChI=1S/C23H26ClFN2O4/c1-14-13-27(10-11-29-14)18(21-16(24)6-5-7-17(21)25)12-26-23(28)22-15(2)30-19-8-3-4-9-20(19)31-22/h3-9,14-15,18,22H,10-13H2,1-2H3,(H,26,28). The minimum Gasteiger partial charge on any atom is -0.482 e. The normalized spacial score (nSPS) is 24.5. The van der Waals surface area contributed by atoms with Crippen molar-refractivity contribution in [1.82, 2.24) is 10.2 Å². The summed E-state index contributed by atoms with van der Waals surface area (Å²) >= 11 is 6.37. The largest absolute Gasteiger partial charge is 0.482 e. The van der Waals surface area contributed by atoms with Crippen molar-refractivity contribution in [2.45, 2.75) is 38.2 Å². The highest BCUT2D eigenvalue weighted by Crippen LogP contribution is 2.34. The molecule has 8 heteroatoms. The van der Waals surface area contributed by atoms with Crippen LogP contribution in [0.4, 0.5) is 4.39 Å². The molecular weight excluding hydrogens is 423 g/mol. The highest BCUT2D eigenvalue weighted by molar-refractivity contribution is 6.31. The van der Waals surface area contributed by atoms with Crippen LogP contribution in [0, 0.1) is 5.82 Å². The van der Waals surface area contributed by atoms with Crippen LogP contribution >= 0.6 is 11.6 Å². The number of carbonyl (C=O) groups is 1. The van der Waals surface area contributed by atoms with E-state index in [0.717, 1.165) is 0 Å². The zero-order chi connectivity index (χ0) is 22.0. The molecule has 0 spiro atoms. The highest BCUT2D eigenvalue weighted by atomic mass is 35.5. The molecule has 1 amide bonds. The van der Waals surface area contributed by atoms with Gasteiger partial charge in [0.15, 0.2) is 11.5 Å². The fraction of sp³-hybridized carbons (Fsp3) is 0.435. The number of amides is 1. The molecule has 2 aliphatic rings. The molecule has 2 heterocycles. The van der Waals surface area contributed by atoms with E-state index in [1.54, 1.807) is 31.2 Å². The van der Waals surface area contributed by atoms with Gasteiger partial charge in [-0.25, -0.2) is 4.39 Å². The van der Waals surface area contributed by atoms with Gasteiger partial charge >= 0.3 is 0 Å². The number of benzene rings is 2. The van der Waals surface area contributed by atoms with E-state index in [2.05, 4.69) is 10.2 Å². The first-order chi connectivity index (χ1) is 14.9. The number of carbonyl (C=O) groups excluding carboxylic acids is 1. The van der Waals surface area contributed by atoms with E-state index in [1.807, 2.05) is 19.1 Å². The summed E-state index contributed by atoms with van der Waals surface area (Å²) in [6.07, 6.45) is -1.27. The van der Waals surface area contributed by atoms with Crippen LogP contribution in [0.5, 0.6) is 11.5 Å². The maximum absolute atomic E-state index is 14.8. The Morgan fingerprint density at radius 1 is 1.19 bits per heavy atom. The lowest BCUT2D eigenvalue weighted by molar-refractivity contribution is -0.133. The van der Waals surface area contributed by atoms with E-state index in [9.17, 15) is 9.18 Å². The van der Waals surface area contributed by atoms with Gasteiger partial charge < -0.3 is 19.5 Å². The first kappa shape index (κ1) is 21.9. The van der Waals surface area contributed by atoms with Gasteiger partial charge in [-0.1, -0.05) is 29.8 Å². The monoisotopic (exact) mass is 448 g/mol. The maximum Gasteiger partial charge on any atom is 0.265 e. The number of rotatable bonds is 5. The fourth-order valence-corrected chi connectivity index (χ4v) is 4.36. The van der Waals surface area contributed by atoms with Gasteiger partial charge in [0.25, 0.3) is 5.91 Å². The lowest BCUT2D eigenvalue weighted by Crippen LogP contribution is -2.52. The molecule has 166 valence electrons. The minimum absolute atomic E-state index is 0.00380. The average Bonchev–Trinajstić information content (AvgIpc) is 2.75. The van der Waals surface area contributed by atoms with Crippen LogP contribution in [-0.4, -0.2) is 55.4 Å². The first-order valence-electron chi connectivity index (χ1n) is 10.4. The number of hydrogen-bond acceptors (Lipinski definition) is 5. The third-order valence-corrected chi connectivity index (χ3v) is 5.95. The molecule has 4 rings (SSSR count). The van der Waals surface area contributed by atoms with E-state index in [4.69, 9.17) is 25.8 Å². The Bertz CT molecular complexity index is 923. The summed E-state index contributed by atoms with van der Waals surface area (Å²) in [5.41, 5.74) is 0.373. The van der Waals surface area contributed by atoms with Gasteiger partial charge in [0.05, 0.1) is 18.8 Å². The third-order valence-electron chi connectivity index (χ3n) is 5.62. The first-order valence-corrected chi connectivity index (χ1v) is 10.8. The van der Waals surface area contributed by atoms with Crippen LogP contribution in [0.3, 0.4) is 0 Å². The topological polar surface area (TPSA) is 60.0 Å². The van der Waals surface area contributed by atoms with Crippen LogP contribution in [-0.2, 0) is 9.53 Å². The zero-order valence-corrected chi connectivity index (χ0v) is 18.3. The van der Waals surface area contributed by atoms with Crippen LogP contribution < -0.4 is 14.8 Å². The number of ether oxygens (including phenoxy) is 3. The molecular formula is C23H26ClFN2O4. The summed E-state index contributed by atoms with van der Waals surface area (Å²) in [4.78, 5) is 15.1. The molecule has 0 aromatic heterocycles. The Kier molecular flexibility index (Phi) is 6.65. The van der Waals surface area contributed by atoms with Crippen molar-refractivity contribution < 1.29 is 23.4 Å². The Hall–Kier alpha value is -2.35. The minimum atomic E-state index is -0.810. The molecule has 0 bridgehead atoms. The van der Waals surface area contributed by atoms with E-state index in [0.29, 0.717) is 41.8 Å². The number of fused-ring (bicyclic) bond motifs is 1. The van der Waals surface area contributed by atoms with E-state index < -0.39 is 24.1 Å². The van der Waals surface area contributed by atoms with Crippen molar-refractivity contribution in [2.24, 2.45) is 0 Å². The van der Waals surface area contributed by atoms with Crippen molar-refractivity contribution in [2.75, 3.05) is 26.2 Å². The van der Waals surface area contributed by atoms with Gasteiger partial charge in [0, 0.05) is 30.2 Å². The molecule has 2 aromatic carbocycles. The lowest BCUT2D eigenvalue weighted by Gasteiger charge is -2.38. The van der Waals surface area contributed by atoms with Crippen LogP contribution in [0.15, 0.2) is 42.5 Å². The van der Waals surface area contributed by atoms with Gasteiger partial charge in [-0.05, 0) is 38.1 Å². The molecule has 6 nitrogen and oxygen atoms in total. The SMILES string of the molecule is CC1CN(C(CNC(=O)C2Oc3ccccc3OC2C)c2c(F)cccc2Cl)CCO1. The van der Waals surface area contributed by atoms with E-state index in [1.165, 1.54) is 6.07 Å². The number of para-hydroxylation sites is 2. The molecule has 31 heavy (non-hydrogen) atoms. The number of halogens is 2. The summed E-state index contributed by atoms with van der Waals surface area (Å²) in [5, 5.41) is 3.26. The van der Waals surface area contributed by atoms with Crippen molar-refractivity contribution in [3.63, 3.8) is 0 Å². The van der Waals surface area contributed by atoms with Crippen molar-refractivity contribution in [1.29, 1.82) is 0 Å². The van der Waals surface area contributed by atoms with Crippen LogP contribution in [0.2, 0.25) is 5.02 Å². The highest BCUT2D eigenvalue weighted by Gasteiger charge is 2.35. The lowest BCUT2D eigenvalue weighted by atomic mass is 10.0. The van der Waals surface area contributed by atoms with Crippen molar-refractivity contribution in [3.8, 4) is 11.5 Å². The summed E-state index contributed by atoms with van der Waals surface area (Å²) in [6, 6.07) is 11.4. The molecule has 4 unspecified atom stereocenters. The van der Waals surface area contributed by atoms with Gasteiger partial charge in [-0.15, -0.1) is 0 Å². The molecule has 1 saturated heterocycles. The van der Waals surface area contributed by atoms with E-state index in [-0.39, 0.29) is 18.6 Å². The number of nitrogens with zero attached hydrogens (tertiary/aromatic N) is 1. The van der Waals surface area contributed by atoms with Gasteiger partial charge in [-0.3, -0.25) is 9.69 Å². The molecule has 0 saturated carbocycles. The summed E-state index contributed by atoms with van der Waals surface area (Å²) < 4.78 is 32.1. The Balaban J connectivity index is 1.52. The molecule has 4 atom stereocenters. The molecule has 1 fully saturated rings. The Morgan fingerprint density at radius 2 is 1.94 bits per heavy atom. The Labute approximate surface area is 186 Å². The second kappa shape index (κ2) is 9.42. The van der Waals surface area contributed by atoms with Gasteiger partial charge in [-0.2, -0.15) is 0 Å². The van der Waals surface area contributed by atoms with Crippen molar-refractivity contribution in [3.05, 3.63) is 58.9 Å². The second-order valence-corrected chi connectivity index (χ2v) is 8.29. The number of nitrogens with one attached hydrogen (secondary N) is 1. The quantitative estimate of drug-likeness (QED) is 0.757. The smallest absolute Gasteiger partial charge is 0.265 e. The summed E-state index contributed by atoms with van der Waals surface area (Å²) in [7, 11) is 0. The summed E-state index contributed by atoms with van der Waals surface area (Å²) in [5.74, 6) is 0.417. The maximum atomic E-state index is 14.8. The molecule has 2 aromatic rings. The molecule has 2 aliphatic heterocycles. The average molecular weight is 449 g/mol. The van der Waals surface area contributed by atoms with Gasteiger partial charge in [0.1, 0.15) is 11.9 Å². The third kappa shape index (κ3) is 4.79. The molecule has 1 N–H and O–H groups in total.